The molecular formula is C19H25N5O2S. The fourth-order valence-corrected chi connectivity index (χ4v) is 5.10. The molecule has 1 aromatic carbocycles. The molecule has 0 spiro atoms. The molecule has 3 heterocycles. The lowest BCUT2D eigenvalue weighted by atomic mass is 10.3. The molecule has 2 aliphatic rings. The average molecular weight is 388 g/mol. The van der Waals surface area contributed by atoms with E-state index < -0.39 is 10.0 Å². The van der Waals surface area contributed by atoms with Gasteiger partial charge in [0.05, 0.1) is 4.90 Å². The highest BCUT2D eigenvalue weighted by Gasteiger charge is 2.29. The largest absolute Gasteiger partial charge is 0.356 e. The Morgan fingerprint density at radius 3 is 2.19 bits per heavy atom. The van der Waals surface area contributed by atoms with E-state index in [1.807, 2.05) is 19.1 Å². The molecule has 0 saturated carbocycles. The number of nitrogens with zero attached hydrogens (tertiary/aromatic N) is 5. The van der Waals surface area contributed by atoms with Gasteiger partial charge in [-0.3, -0.25) is 0 Å². The monoisotopic (exact) mass is 387 g/mol. The zero-order chi connectivity index (χ0) is 18.9. The van der Waals surface area contributed by atoms with Crippen molar-refractivity contribution in [3.63, 3.8) is 0 Å². The van der Waals surface area contributed by atoms with Crippen LogP contribution in [0.4, 0.5) is 11.8 Å². The first kappa shape index (κ1) is 18.2. The Kier molecular flexibility index (Phi) is 5.01. The molecule has 144 valence electrons. The first-order valence-corrected chi connectivity index (χ1v) is 10.9. The van der Waals surface area contributed by atoms with Gasteiger partial charge in [0.1, 0.15) is 5.82 Å². The molecule has 0 atom stereocenters. The molecule has 0 unspecified atom stereocenters. The SMILES string of the molecule is Cc1cc(N2CCCC2)nc(N2CCN(S(=O)(=O)c3ccccc3)CC2)n1. The third-order valence-corrected chi connectivity index (χ3v) is 7.07. The van der Waals surface area contributed by atoms with Crippen LogP contribution in [-0.4, -0.2) is 62.0 Å². The number of aromatic nitrogens is 2. The van der Waals surface area contributed by atoms with Gasteiger partial charge in [0.25, 0.3) is 0 Å². The van der Waals surface area contributed by atoms with E-state index in [9.17, 15) is 8.42 Å². The van der Waals surface area contributed by atoms with E-state index in [2.05, 4.69) is 14.8 Å². The average Bonchev–Trinajstić information content (AvgIpc) is 3.23. The minimum atomic E-state index is -3.44. The van der Waals surface area contributed by atoms with Crippen LogP contribution in [0.2, 0.25) is 0 Å². The summed E-state index contributed by atoms with van der Waals surface area (Å²) in [4.78, 5) is 14.1. The normalized spacial score (nSPS) is 18.9. The summed E-state index contributed by atoms with van der Waals surface area (Å²) < 4.78 is 27.1. The lowest BCUT2D eigenvalue weighted by molar-refractivity contribution is 0.382. The minimum absolute atomic E-state index is 0.349. The van der Waals surface area contributed by atoms with E-state index in [-0.39, 0.29) is 0 Å². The second-order valence-electron chi connectivity index (χ2n) is 7.07. The zero-order valence-electron chi connectivity index (χ0n) is 15.6. The van der Waals surface area contributed by atoms with Crippen LogP contribution >= 0.6 is 0 Å². The standard InChI is InChI=1S/C19H25N5O2S/c1-16-15-18(22-9-5-6-10-22)21-19(20-16)23-11-13-24(14-12-23)27(25,26)17-7-3-2-4-8-17/h2-4,7-8,15H,5-6,9-14H2,1H3. The van der Waals surface area contributed by atoms with Gasteiger partial charge in [0.15, 0.2) is 0 Å². The molecule has 4 rings (SSSR count). The van der Waals surface area contributed by atoms with Crippen molar-refractivity contribution in [2.24, 2.45) is 0 Å². The van der Waals surface area contributed by atoms with E-state index >= 15 is 0 Å². The second kappa shape index (κ2) is 7.44. The maximum atomic E-state index is 12.8. The van der Waals surface area contributed by atoms with Gasteiger partial charge in [-0.2, -0.15) is 9.29 Å². The molecule has 0 bridgehead atoms. The number of hydrogen-bond acceptors (Lipinski definition) is 6. The van der Waals surface area contributed by atoms with E-state index in [4.69, 9.17) is 4.98 Å². The third-order valence-electron chi connectivity index (χ3n) is 5.16. The van der Waals surface area contributed by atoms with Gasteiger partial charge in [0.2, 0.25) is 16.0 Å². The highest BCUT2D eigenvalue weighted by atomic mass is 32.2. The van der Waals surface area contributed by atoms with Gasteiger partial charge in [-0.15, -0.1) is 0 Å². The Hall–Kier alpha value is -2.19. The number of rotatable bonds is 4. The predicted octanol–water partition coefficient (Wildman–Crippen LogP) is 1.90. The molecule has 0 radical (unpaired) electrons. The molecule has 8 heteroatoms. The Morgan fingerprint density at radius 1 is 0.852 bits per heavy atom. The molecule has 1 aromatic heterocycles. The van der Waals surface area contributed by atoms with Crippen LogP contribution in [-0.2, 0) is 10.0 Å². The third kappa shape index (κ3) is 3.77. The van der Waals surface area contributed by atoms with Gasteiger partial charge in [-0.05, 0) is 31.9 Å². The van der Waals surface area contributed by atoms with Gasteiger partial charge in [-0.1, -0.05) is 18.2 Å². The molecule has 0 N–H and O–H groups in total. The van der Waals surface area contributed by atoms with Crippen molar-refractivity contribution in [1.82, 2.24) is 14.3 Å². The second-order valence-corrected chi connectivity index (χ2v) is 9.00. The summed E-state index contributed by atoms with van der Waals surface area (Å²) in [5.74, 6) is 1.68. The minimum Gasteiger partial charge on any atom is -0.356 e. The molecule has 2 aromatic rings. The Balaban J connectivity index is 1.48. The van der Waals surface area contributed by atoms with Crippen molar-refractivity contribution in [2.75, 3.05) is 49.1 Å². The predicted molar refractivity (Wildman–Crippen MR) is 106 cm³/mol. The van der Waals surface area contributed by atoms with Crippen LogP contribution in [0, 0.1) is 6.92 Å². The van der Waals surface area contributed by atoms with Crippen molar-refractivity contribution < 1.29 is 8.42 Å². The molecule has 2 saturated heterocycles. The molecule has 2 aliphatic heterocycles. The fraction of sp³-hybridized carbons (Fsp3) is 0.474. The number of sulfonamides is 1. The summed E-state index contributed by atoms with van der Waals surface area (Å²) in [5, 5.41) is 0. The lowest BCUT2D eigenvalue weighted by Gasteiger charge is -2.34. The van der Waals surface area contributed by atoms with Crippen molar-refractivity contribution in [1.29, 1.82) is 0 Å². The Morgan fingerprint density at radius 2 is 1.52 bits per heavy atom. The number of aryl methyl sites for hydroxylation is 1. The summed E-state index contributed by atoms with van der Waals surface area (Å²) in [6.07, 6.45) is 2.41. The van der Waals surface area contributed by atoms with Gasteiger partial charge < -0.3 is 9.80 Å². The molecule has 0 amide bonds. The van der Waals surface area contributed by atoms with Crippen molar-refractivity contribution in [2.45, 2.75) is 24.7 Å². The number of benzene rings is 1. The van der Waals surface area contributed by atoms with Crippen molar-refractivity contribution >= 4 is 21.8 Å². The summed E-state index contributed by atoms with van der Waals surface area (Å²) in [6.45, 7) is 6.13. The first-order chi connectivity index (χ1) is 13.0. The van der Waals surface area contributed by atoms with Crippen LogP contribution in [0.3, 0.4) is 0 Å². The van der Waals surface area contributed by atoms with E-state index in [1.54, 1.807) is 28.6 Å². The van der Waals surface area contributed by atoms with E-state index in [0.717, 1.165) is 24.6 Å². The summed E-state index contributed by atoms with van der Waals surface area (Å²) >= 11 is 0. The highest BCUT2D eigenvalue weighted by Crippen LogP contribution is 2.23. The van der Waals surface area contributed by atoms with Crippen LogP contribution < -0.4 is 9.80 Å². The van der Waals surface area contributed by atoms with Gasteiger partial charge >= 0.3 is 0 Å². The first-order valence-electron chi connectivity index (χ1n) is 9.45. The molecular weight excluding hydrogens is 362 g/mol. The number of hydrogen-bond donors (Lipinski definition) is 0. The van der Waals surface area contributed by atoms with Gasteiger partial charge in [-0.25, -0.2) is 13.4 Å². The number of piperazine rings is 1. The molecule has 27 heavy (non-hydrogen) atoms. The van der Waals surface area contributed by atoms with Crippen molar-refractivity contribution in [3.8, 4) is 0 Å². The molecule has 7 nitrogen and oxygen atoms in total. The smallest absolute Gasteiger partial charge is 0.243 e. The summed E-state index contributed by atoms with van der Waals surface area (Å²) in [7, 11) is -3.44. The van der Waals surface area contributed by atoms with Crippen LogP contribution in [0.1, 0.15) is 18.5 Å². The van der Waals surface area contributed by atoms with Crippen LogP contribution in [0.15, 0.2) is 41.3 Å². The Bertz CT molecular complexity index is 890. The lowest BCUT2D eigenvalue weighted by Crippen LogP contribution is -2.49. The van der Waals surface area contributed by atoms with E-state index in [1.165, 1.54) is 12.8 Å². The van der Waals surface area contributed by atoms with Crippen LogP contribution in [0.5, 0.6) is 0 Å². The Labute approximate surface area is 160 Å². The topological polar surface area (TPSA) is 69.6 Å². The molecule has 2 fully saturated rings. The van der Waals surface area contributed by atoms with E-state index in [0.29, 0.717) is 37.0 Å². The van der Waals surface area contributed by atoms with Crippen molar-refractivity contribution in [3.05, 3.63) is 42.1 Å². The summed E-state index contributed by atoms with van der Waals surface area (Å²) in [5.41, 5.74) is 0.946. The number of anilines is 2. The maximum Gasteiger partial charge on any atom is 0.243 e. The van der Waals surface area contributed by atoms with Crippen LogP contribution in [0.25, 0.3) is 0 Å². The molecule has 0 aliphatic carbocycles. The zero-order valence-corrected chi connectivity index (χ0v) is 16.4. The van der Waals surface area contributed by atoms with Gasteiger partial charge in [0, 0.05) is 51.0 Å². The summed E-state index contributed by atoms with van der Waals surface area (Å²) in [6, 6.07) is 10.7. The highest BCUT2D eigenvalue weighted by molar-refractivity contribution is 7.89. The quantitative estimate of drug-likeness (QED) is 0.798. The fourth-order valence-electron chi connectivity index (χ4n) is 3.66. The maximum absolute atomic E-state index is 12.8.